The van der Waals surface area contributed by atoms with Crippen molar-refractivity contribution in [2.24, 2.45) is 0 Å². The summed E-state index contributed by atoms with van der Waals surface area (Å²) in [7, 11) is 0. The van der Waals surface area contributed by atoms with Gasteiger partial charge in [-0.2, -0.15) is 5.10 Å². The van der Waals surface area contributed by atoms with E-state index in [4.69, 9.17) is 0 Å². The minimum Gasteiger partial charge on any atom is -0.385 e. The predicted molar refractivity (Wildman–Crippen MR) is 85.8 cm³/mol. The van der Waals surface area contributed by atoms with Gasteiger partial charge in [-0.15, -0.1) is 0 Å². The molecule has 0 atom stereocenters. The number of nitrogens with zero attached hydrogens (tertiary/aromatic N) is 1. The van der Waals surface area contributed by atoms with Gasteiger partial charge in [-0.25, -0.2) is 0 Å². The van der Waals surface area contributed by atoms with Crippen molar-refractivity contribution in [3.63, 3.8) is 0 Å². The molecule has 2 rings (SSSR count). The minimum absolute atomic E-state index is 0.0301. The fraction of sp³-hybridized carbons (Fsp3) is 0.375. The van der Waals surface area contributed by atoms with Gasteiger partial charge in [-0.05, 0) is 19.1 Å². The van der Waals surface area contributed by atoms with Gasteiger partial charge < -0.3 is 10.6 Å². The van der Waals surface area contributed by atoms with Gasteiger partial charge in [0.05, 0.1) is 5.56 Å². The summed E-state index contributed by atoms with van der Waals surface area (Å²) in [5.41, 5.74) is 2.39. The lowest BCUT2D eigenvalue weighted by Gasteiger charge is -2.14. The fourth-order valence-electron chi connectivity index (χ4n) is 1.98. The molecule has 0 fully saturated rings. The number of aromatic nitrogens is 2. The third kappa shape index (κ3) is 3.62. The number of carbonyl (C=O) groups is 1. The molecule has 0 unspecified atom stereocenters. The van der Waals surface area contributed by atoms with Crippen molar-refractivity contribution in [2.75, 3.05) is 17.2 Å². The summed E-state index contributed by atoms with van der Waals surface area (Å²) in [4.78, 5) is 12.4. The molecule has 1 aromatic heterocycles. The standard InChI is InChI=1S/C16H22N4O/c1-5-17-12-9-7-6-8-11(12)15(21)18-14-10-13(19-20-14)16(2,3)4/h6-10,17H,5H2,1-4H3,(H2,18,19,20,21). The number of amides is 1. The Morgan fingerprint density at radius 2 is 2.00 bits per heavy atom. The van der Waals surface area contributed by atoms with Crippen LogP contribution in [0.4, 0.5) is 11.5 Å². The van der Waals surface area contributed by atoms with E-state index < -0.39 is 0 Å². The summed E-state index contributed by atoms with van der Waals surface area (Å²) >= 11 is 0. The van der Waals surface area contributed by atoms with Crippen molar-refractivity contribution in [3.05, 3.63) is 41.6 Å². The van der Waals surface area contributed by atoms with Crippen LogP contribution >= 0.6 is 0 Å². The molecule has 3 N–H and O–H groups in total. The topological polar surface area (TPSA) is 69.8 Å². The normalized spacial score (nSPS) is 11.2. The smallest absolute Gasteiger partial charge is 0.258 e. The summed E-state index contributed by atoms with van der Waals surface area (Å²) in [6, 6.07) is 9.31. The molecular formula is C16H22N4O. The number of benzene rings is 1. The number of anilines is 2. The van der Waals surface area contributed by atoms with Gasteiger partial charge in [0.2, 0.25) is 0 Å². The van der Waals surface area contributed by atoms with E-state index in [1.807, 2.05) is 31.2 Å². The molecule has 1 aromatic carbocycles. The number of hydrogen-bond donors (Lipinski definition) is 3. The first-order valence-electron chi connectivity index (χ1n) is 7.12. The van der Waals surface area contributed by atoms with Gasteiger partial charge in [0.1, 0.15) is 0 Å². The van der Waals surface area contributed by atoms with E-state index in [0.29, 0.717) is 11.4 Å². The molecule has 0 bridgehead atoms. The van der Waals surface area contributed by atoms with Crippen LogP contribution in [-0.2, 0) is 5.41 Å². The molecule has 5 heteroatoms. The number of rotatable bonds is 4. The molecule has 0 saturated carbocycles. The Kier molecular flexibility index (Phi) is 4.31. The van der Waals surface area contributed by atoms with Gasteiger partial charge in [0.15, 0.2) is 5.82 Å². The highest BCUT2D eigenvalue weighted by atomic mass is 16.1. The summed E-state index contributed by atoms with van der Waals surface area (Å²) in [6.45, 7) is 9.03. The number of aromatic amines is 1. The third-order valence-corrected chi connectivity index (χ3v) is 3.17. The highest BCUT2D eigenvalue weighted by molar-refractivity contribution is 6.07. The highest BCUT2D eigenvalue weighted by Crippen LogP contribution is 2.23. The molecule has 0 aliphatic carbocycles. The molecule has 0 radical (unpaired) electrons. The van der Waals surface area contributed by atoms with Gasteiger partial charge in [0.25, 0.3) is 5.91 Å². The first-order chi connectivity index (χ1) is 9.91. The number of nitrogens with one attached hydrogen (secondary N) is 3. The molecule has 0 spiro atoms. The van der Waals surface area contributed by atoms with E-state index in [-0.39, 0.29) is 11.3 Å². The van der Waals surface area contributed by atoms with Crippen LogP contribution in [0, 0.1) is 0 Å². The summed E-state index contributed by atoms with van der Waals surface area (Å²) in [5, 5.41) is 13.1. The van der Waals surface area contributed by atoms with E-state index >= 15 is 0 Å². The van der Waals surface area contributed by atoms with Crippen molar-refractivity contribution in [3.8, 4) is 0 Å². The zero-order valence-electron chi connectivity index (χ0n) is 12.9. The lowest BCUT2D eigenvalue weighted by atomic mass is 9.92. The monoisotopic (exact) mass is 286 g/mol. The Labute approximate surface area is 125 Å². The van der Waals surface area contributed by atoms with E-state index in [9.17, 15) is 4.79 Å². The zero-order chi connectivity index (χ0) is 15.5. The van der Waals surface area contributed by atoms with Gasteiger partial charge in [-0.3, -0.25) is 9.89 Å². The van der Waals surface area contributed by atoms with Crippen molar-refractivity contribution in [1.29, 1.82) is 0 Å². The van der Waals surface area contributed by atoms with E-state index in [1.165, 1.54) is 0 Å². The summed E-state index contributed by atoms with van der Waals surface area (Å²) in [5.74, 6) is 0.370. The van der Waals surface area contributed by atoms with Crippen molar-refractivity contribution in [2.45, 2.75) is 33.1 Å². The van der Waals surface area contributed by atoms with Crippen LogP contribution in [0.15, 0.2) is 30.3 Å². The van der Waals surface area contributed by atoms with E-state index in [1.54, 1.807) is 6.07 Å². The summed E-state index contributed by atoms with van der Waals surface area (Å²) < 4.78 is 0. The van der Waals surface area contributed by atoms with Crippen LogP contribution in [0.5, 0.6) is 0 Å². The Morgan fingerprint density at radius 3 is 2.62 bits per heavy atom. The highest BCUT2D eigenvalue weighted by Gasteiger charge is 2.18. The van der Waals surface area contributed by atoms with Crippen LogP contribution < -0.4 is 10.6 Å². The van der Waals surface area contributed by atoms with Crippen LogP contribution in [0.1, 0.15) is 43.7 Å². The number of para-hydroxylation sites is 1. The van der Waals surface area contributed by atoms with Gasteiger partial charge in [0, 0.05) is 29.4 Å². The molecule has 2 aromatic rings. The molecule has 5 nitrogen and oxygen atoms in total. The van der Waals surface area contributed by atoms with Gasteiger partial charge in [-0.1, -0.05) is 32.9 Å². The lowest BCUT2D eigenvalue weighted by molar-refractivity contribution is 0.102. The molecule has 1 heterocycles. The average Bonchev–Trinajstić information content (AvgIpc) is 2.88. The second-order valence-corrected chi connectivity index (χ2v) is 5.95. The predicted octanol–water partition coefficient (Wildman–Crippen LogP) is 3.39. The van der Waals surface area contributed by atoms with E-state index in [0.717, 1.165) is 17.9 Å². The van der Waals surface area contributed by atoms with Crippen molar-refractivity contribution < 1.29 is 4.79 Å². The molecule has 21 heavy (non-hydrogen) atoms. The first kappa shape index (κ1) is 15.1. The molecule has 0 aliphatic rings. The molecule has 0 saturated heterocycles. The Balaban J connectivity index is 2.17. The van der Waals surface area contributed by atoms with Gasteiger partial charge >= 0.3 is 0 Å². The van der Waals surface area contributed by atoms with Crippen LogP contribution in [0.25, 0.3) is 0 Å². The largest absolute Gasteiger partial charge is 0.385 e. The van der Waals surface area contributed by atoms with Crippen LogP contribution in [0.2, 0.25) is 0 Å². The maximum Gasteiger partial charge on any atom is 0.258 e. The Morgan fingerprint density at radius 1 is 1.29 bits per heavy atom. The van der Waals surface area contributed by atoms with Crippen molar-refractivity contribution >= 4 is 17.4 Å². The van der Waals surface area contributed by atoms with Crippen molar-refractivity contribution in [1.82, 2.24) is 10.2 Å². The summed E-state index contributed by atoms with van der Waals surface area (Å²) in [6.07, 6.45) is 0. The fourth-order valence-corrected chi connectivity index (χ4v) is 1.98. The zero-order valence-corrected chi connectivity index (χ0v) is 12.9. The Hall–Kier alpha value is -2.30. The van der Waals surface area contributed by atoms with Crippen LogP contribution in [-0.4, -0.2) is 22.6 Å². The van der Waals surface area contributed by atoms with Crippen LogP contribution in [0.3, 0.4) is 0 Å². The second kappa shape index (κ2) is 5.99. The Bertz CT molecular complexity index is 625. The third-order valence-electron chi connectivity index (χ3n) is 3.17. The molecule has 112 valence electrons. The average molecular weight is 286 g/mol. The molecular weight excluding hydrogens is 264 g/mol. The molecule has 1 amide bonds. The first-order valence-corrected chi connectivity index (χ1v) is 7.12. The second-order valence-electron chi connectivity index (χ2n) is 5.95. The maximum atomic E-state index is 12.4. The number of carbonyl (C=O) groups excluding carboxylic acids is 1. The molecule has 0 aliphatic heterocycles. The SMILES string of the molecule is CCNc1ccccc1C(=O)Nc1cc(C(C)(C)C)[nH]n1. The minimum atomic E-state index is -0.168. The van der Waals surface area contributed by atoms with E-state index in [2.05, 4.69) is 41.6 Å². The maximum absolute atomic E-state index is 12.4. The quantitative estimate of drug-likeness (QED) is 0.807. The number of H-pyrrole nitrogens is 1. The lowest BCUT2D eigenvalue weighted by Crippen LogP contribution is -2.15. The number of hydrogen-bond acceptors (Lipinski definition) is 3.